The van der Waals surface area contributed by atoms with Crippen LogP contribution in [0, 0.1) is 0 Å². The molecule has 1 fully saturated rings. The summed E-state index contributed by atoms with van der Waals surface area (Å²) in [6.45, 7) is 4.31. The van der Waals surface area contributed by atoms with E-state index in [0.717, 1.165) is 26.2 Å². The Morgan fingerprint density at radius 3 is 2.45 bits per heavy atom. The number of aromatic nitrogens is 3. The molecule has 2 heterocycles. The smallest absolute Gasteiger partial charge is 0.243 e. The first-order valence-electron chi connectivity index (χ1n) is 6.62. The molecule has 0 aliphatic carbocycles. The van der Waals surface area contributed by atoms with Crippen molar-refractivity contribution in [3.8, 4) is 0 Å². The summed E-state index contributed by atoms with van der Waals surface area (Å²) < 4.78 is 0. The van der Waals surface area contributed by atoms with E-state index in [0.29, 0.717) is 24.4 Å². The molecule has 1 saturated heterocycles. The van der Waals surface area contributed by atoms with Crippen molar-refractivity contribution in [2.24, 2.45) is 5.84 Å². The molecule has 9 heteroatoms. The van der Waals surface area contributed by atoms with Gasteiger partial charge in [-0.1, -0.05) is 0 Å². The van der Waals surface area contributed by atoms with Gasteiger partial charge in [0.2, 0.25) is 17.8 Å². The highest BCUT2D eigenvalue weighted by Gasteiger charge is 2.20. The monoisotopic (exact) mass is 282 g/mol. The van der Waals surface area contributed by atoms with Crippen molar-refractivity contribution in [2.75, 3.05) is 68.7 Å². The van der Waals surface area contributed by atoms with Crippen LogP contribution in [0.1, 0.15) is 0 Å². The van der Waals surface area contributed by atoms with Crippen molar-refractivity contribution >= 4 is 17.8 Å². The van der Waals surface area contributed by atoms with Crippen LogP contribution >= 0.6 is 0 Å². The first-order chi connectivity index (χ1) is 9.63. The van der Waals surface area contributed by atoms with Crippen LogP contribution in [0.15, 0.2) is 0 Å². The van der Waals surface area contributed by atoms with Crippen molar-refractivity contribution in [3.05, 3.63) is 0 Å². The molecule has 0 saturated carbocycles. The maximum Gasteiger partial charge on any atom is 0.243 e. The van der Waals surface area contributed by atoms with E-state index in [4.69, 9.17) is 10.9 Å². The quantitative estimate of drug-likeness (QED) is 0.432. The van der Waals surface area contributed by atoms with Gasteiger partial charge in [-0.2, -0.15) is 15.0 Å². The molecule has 20 heavy (non-hydrogen) atoms. The number of anilines is 3. The molecule has 0 spiro atoms. The second-order valence-electron chi connectivity index (χ2n) is 4.85. The lowest BCUT2D eigenvalue weighted by molar-refractivity contribution is 0.188. The molecular weight excluding hydrogens is 260 g/mol. The first-order valence-corrected chi connectivity index (χ1v) is 6.62. The van der Waals surface area contributed by atoms with Gasteiger partial charge in [-0.3, -0.25) is 10.3 Å². The van der Waals surface area contributed by atoms with Gasteiger partial charge in [0.1, 0.15) is 0 Å². The predicted molar refractivity (Wildman–Crippen MR) is 77.7 cm³/mol. The molecule has 0 radical (unpaired) electrons. The third kappa shape index (κ3) is 3.44. The van der Waals surface area contributed by atoms with Crippen LogP contribution in [0.25, 0.3) is 0 Å². The SMILES string of the molecule is CN(C)c1nc(NN)nc(N2CCN(CCO)CC2)n1. The fourth-order valence-electron chi connectivity index (χ4n) is 2.07. The van der Waals surface area contributed by atoms with Crippen molar-refractivity contribution in [1.29, 1.82) is 0 Å². The molecule has 1 aliphatic rings. The van der Waals surface area contributed by atoms with Crippen LogP contribution in [0.4, 0.5) is 17.8 Å². The highest BCUT2D eigenvalue weighted by atomic mass is 16.3. The minimum Gasteiger partial charge on any atom is -0.395 e. The third-order valence-corrected chi connectivity index (χ3v) is 3.21. The molecule has 2 rings (SSSR count). The average Bonchev–Trinajstić information content (AvgIpc) is 2.47. The van der Waals surface area contributed by atoms with Gasteiger partial charge >= 0.3 is 0 Å². The lowest BCUT2D eigenvalue weighted by Crippen LogP contribution is -2.47. The lowest BCUT2D eigenvalue weighted by Gasteiger charge is -2.34. The zero-order valence-corrected chi connectivity index (χ0v) is 12.0. The van der Waals surface area contributed by atoms with Gasteiger partial charge in [-0.15, -0.1) is 0 Å². The van der Waals surface area contributed by atoms with Crippen LogP contribution in [-0.4, -0.2) is 78.4 Å². The summed E-state index contributed by atoms with van der Waals surface area (Å²) in [5.41, 5.74) is 2.47. The average molecular weight is 282 g/mol. The van der Waals surface area contributed by atoms with E-state index in [1.165, 1.54) is 0 Å². The summed E-state index contributed by atoms with van der Waals surface area (Å²) in [4.78, 5) is 19.1. The standard InChI is InChI=1S/C11H22N8O/c1-17(2)10-13-9(16-12)14-11(15-10)19-5-3-18(4-6-19)7-8-20/h20H,3-8,12H2,1-2H3,(H,13,14,15,16). The maximum absolute atomic E-state index is 8.95. The van der Waals surface area contributed by atoms with Crippen LogP contribution in [0.3, 0.4) is 0 Å². The van der Waals surface area contributed by atoms with E-state index in [-0.39, 0.29) is 6.61 Å². The summed E-state index contributed by atoms with van der Waals surface area (Å²) in [7, 11) is 3.75. The number of β-amino-alcohol motifs (C(OH)–C–C–N with tert-alkyl or cyclic N) is 1. The first kappa shape index (κ1) is 14.7. The van der Waals surface area contributed by atoms with Crippen molar-refractivity contribution < 1.29 is 5.11 Å². The number of nitrogens with two attached hydrogens (primary N) is 1. The number of hydrogen-bond donors (Lipinski definition) is 3. The van der Waals surface area contributed by atoms with E-state index in [2.05, 4.69) is 30.2 Å². The largest absolute Gasteiger partial charge is 0.395 e. The molecule has 4 N–H and O–H groups in total. The Bertz CT molecular complexity index is 432. The number of aliphatic hydroxyl groups is 1. The number of piperazine rings is 1. The van der Waals surface area contributed by atoms with E-state index in [1.807, 2.05) is 19.0 Å². The van der Waals surface area contributed by atoms with Gasteiger partial charge in [0, 0.05) is 46.8 Å². The zero-order chi connectivity index (χ0) is 14.5. The second kappa shape index (κ2) is 6.64. The molecule has 1 aromatic rings. The minimum absolute atomic E-state index is 0.192. The Kier molecular flexibility index (Phi) is 4.88. The fraction of sp³-hybridized carbons (Fsp3) is 0.727. The van der Waals surface area contributed by atoms with Gasteiger partial charge in [0.15, 0.2) is 0 Å². The Balaban J connectivity index is 2.10. The zero-order valence-electron chi connectivity index (χ0n) is 12.0. The Morgan fingerprint density at radius 2 is 1.90 bits per heavy atom. The van der Waals surface area contributed by atoms with Gasteiger partial charge < -0.3 is 14.9 Å². The molecule has 9 nitrogen and oxygen atoms in total. The minimum atomic E-state index is 0.192. The topological polar surface area (TPSA) is 107 Å². The van der Waals surface area contributed by atoms with Gasteiger partial charge in [-0.25, -0.2) is 5.84 Å². The fourth-order valence-corrected chi connectivity index (χ4v) is 2.07. The highest BCUT2D eigenvalue weighted by molar-refractivity contribution is 5.44. The Morgan fingerprint density at radius 1 is 1.20 bits per heavy atom. The van der Waals surface area contributed by atoms with Crippen molar-refractivity contribution in [2.45, 2.75) is 0 Å². The molecule has 0 unspecified atom stereocenters. The normalized spacial score (nSPS) is 16.3. The summed E-state index contributed by atoms with van der Waals surface area (Å²) in [6, 6.07) is 0. The Hall–Kier alpha value is -1.71. The molecule has 0 atom stereocenters. The van der Waals surface area contributed by atoms with Gasteiger partial charge in [0.25, 0.3) is 0 Å². The molecular formula is C11H22N8O. The van der Waals surface area contributed by atoms with Crippen molar-refractivity contribution in [3.63, 3.8) is 0 Å². The molecule has 0 amide bonds. The van der Waals surface area contributed by atoms with E-state index < -0.39 is 0 Å². The number of nitrogen functional groups attached to an aromatic ring is 1. The van der Waals surface area contributed by atoms with Crippen LogP contribution in [0.5, 0.6) is 0 Å². The summed E-state index contributed by atoms with van der Waals surface area (Å²) in [6.07, 6.45) is 0. The number of nitrogens with zero attached hydrogens (tertiary/aromatic N) is 6. The second-order valence-corrected chi connectivity index (χ2v) is 4.85. The van der Waals surface area contributed by atoms with Crippen LogP contribution in [-0.2, 0) is 0 Å². The lowest BCUT2D eigenvalue weighted by atomic mass is 10.3. The number of hydrogen-bond acceptors (Lipinski definition) is 9. The van der Waals surface area contributed by atoms with Crippen LogP contribution in [0.2, 0.25) is 0 Å². The number of nitrogens with one attached hydrogen (secondary N) is 1. The number of hydrazine groups is 1. The molecule has 1 aromatic heterocycles. The summed E-state index contributed by atoms with van der Waals surface area (Å²) in [5.74, 6) is 6.96. The van der Waals surface area contributed by atoms with E-state index in [1.54, 1.807) is 0 Å². The van der Waals surface area contributed by atoms with Gasteiger partial charge in [0.05, 0.1) is 6.61 Å². The third-order valence-electron chi connectivity index (χ3n) is 3.21. The maximum atomic E-state index is 8.95. The van der Waals surface area contributed by atoms with Crippen LogP contribution < -0.4 is 21.1 Å². The Labute approximate surface area is 118 Å². The predicted octanol–water partition coefficient (Wildman–Crippen LogP) is -1.66. The van der Waals surface area contributed by atoms with Gasteiger partial charge in [-0.05, 0) is 0 Å². The van der Waals surface area contributed by atoms with E-state index in [9.17, 15) is 0 Å². The summed E-state index contributed by atoms with van der Waals surface area (Å²) in [5, 5.41) is 8.95. The van der Waals surface area contributed by atoms with E-state index >= 15 is 0 Å². The molecule has 112 valence electrons. The van der Waals surface area contributed by atoms with Crippen molar-refractivity contribution in [1.82, 2.24) is 19.9 Å². The summed E-state index contributed by atoms with van der Waals surface area (Å²) >= 11 is 0. The molecule has 0 aromatic carbocycles. The molecule has 1 aliphatic heterocycles. The highest BCUT2D eigenvalue weighted by Crippen LogP contribution is 2.16. The number of rotatable bonds is 5. The molecule has 0 bridgehead atoms. The number of aliphatic hydroxyl groups excluding tert-OH is 1.